The Kier molecular flexibility index (Phi) is 7.30. The summed E-state index contributed by atoms with van der Waals surface area (Å²) < 4.78 is 6.67. The van der Waals surface area contributed by atoms with Crippen molar-refractivity contribution in [2.75, 3.05) is 24.7 Å². The van der Waals surface area contributed by atoms with Gasteiger partial charge in [-0.15, -0.1) is 11.3 Å². The molecule has 7 nitrogen and oxygen atoms in total. The zero-order chi connectivity index (χ0) is 22.0. The van der Waals surface area contributed by atoms with E-state index in [1.165, 1.54) is 40.9 Å². The van der Waals surface area contributed by atoms with Crippen molar-refractivity contribution in [1.82, 2.24) is 14.5 Å². The number of carbonyl (C=O) groups is 2. The van der Waals surface area contributed by atoms with Crippen LogP contribution in [0.15, 0.2) is 21.1 Å². The smallest absolute Gasteiger partial charge is 0.333 e. The number of carbonyl (C=O) groups excluding carboxylic acids is 2. The Morgan fingerprint density at radius 3 is 2.73 bits per heavy atom. The van der Waals surface area contributed by atoms with Crippen LogP contribution in [0.2, 0.25) is 0 Å². The second-order valence-corrected chi connectivity index (χ2v) is 10.3. The summed E-state index contributed by atoms with van der Waals surface area (Å²) in [6, 6.07) is -0.0280. The molecule has 10 heteroatoms. The van der Waals surface area contributed by atoms with E-state index in [4.69, 9.17) is 9.72 Å². The predicted octanol–water partition coefficient (Wildman–Crippen LogP) is 3.73. The van der Waals surface area contributed by atoms with Gasteiger partial charge in [-0.25, -0.2) is 9.78 Å². The third-order valence-corrected chi connectivity index (χ3v) is 7.76. The van der Waals surface area contributed by atoms with E-state index in [1.54, 1.807) is 16.4 Å². The topological polar surface area (TPSA) is 81.5 Å². The highest BCUT2D eigenvalue weighted by atomic mass is 32.2. The Labute approximate surface area is 187 Å². The van der Waals surface area contributed by atoms with Gasteiger partial charge in [0.25, 0.3) is 5.56 Å². The van der Waals surface area contributed by atoms with Gasteiger partial charge in [0.2, 0.25) is 5.91 Å². The molecular weight excluding hydrogens is 442 g/mol. The SMILES string of the molecule is CCOC(=O)C=C1SCC(=O)N1CCSc1nc2sc(C)c(C)c2c(=O)n1C(C)C. The molecule has 0 saturated carbocycles. The number of esters is 1. The van der Waals surface area contributed by atoms with Crippen LogP contribution in [0, 0.1) is 13.8 Å². The van der Waals surface area contributed by atoms with E-state index in [-0.39, 0.29) is 17.5 Å². The van der Waals surface area contributed by atoms with Crippen molar-refractivity contribution in [1.29, 1.82) is 0 Å². The molecular formula is C20H25N3O4S3. The molecule has 1 aliphatic rings. The van der Waals surface area contributed by atoms with Gasteiger partial charge in [-0.2, -0.15) is 0 Å². The lowest BCUT2D eigenvalue weighted by atomic mass is 10.2. The maximum Gasteiger partial charge on any atom is 0.333 e. The number of hydrogen-bond donors (Lipinski definition) is 0. The molecule has 2 aromatic rings. The Morgan fingerprint density at radius 2 is 2.07 bits per heavy atom. The van der Waals surface area contributed by atoms with Gasteiger partial charge < -0.3 is 9.64 Å². The van der Waals surface area contributed by atoms with Crippen LogP contribution >= 0.6 is 34.9 Å². The fourth-order valence-electron chi connectivity index (χ4n) is 3.13. The minimum Gasteiger partial charge on any atom is -0.463 e. The first-order valence-electron chi connectivity index (χ1n) is 9.71. The van der Waals surface area contributed by atoms with E-state index < -0.39 is 5.97 Å². The largest absolute Gasteiger partial charge is 0.463 e. The molecule has 0 aliphatic carbocycles. The molecule has 0 spiro atoms. The number of ether oxygens (including phenoxy) is 1. The quantitative estimate of drug-likeness (QED) is 0.266. The zero-order valence-corrected chi connectivity index (χ0v) is 20.1. The Hall–Kier alpha value is -1.78. The number of hydrogen-bond acceptors (Lipinski definition) is 8. The van der Waals surface area contributed by atoms with Crippen LogP contribution in [-0.4, -0.2) is 51.0 Å². The monoisotopic (exact) mass is 467 g/mol. The standard InChI is InChI=1S/C20H25N3O4S3/c1-6-27-16(25)9-15-22(14(24)10-29-15)7-8-28-20-21-18-17(12(4)13(5)30-18)19(26)23(20)11(2)3/h9,11H,6-8,10H2,1-5H3. The predicted molar refractivity (Wildman–Crippen MR) is 123 cm³/mol. The van der Waals surface area contributed by atoms with Crippen molar-refractivity contribution in [2.24, 2.45) is 0 Å². The molecule has 3 rings (SSSR count). The highest BCUT2D eigenvalue weighted by molar-refractivity contribution is 8.04. The van der Waals surface area contributed by atoms with Crippen LogP contribution in [0.4, 0.5) is 0 Å². The van der Waals surface area contributed by atoms with Crippen molar-refractivity contribution in [3.8, 4) is 0 Å². The van der Waals surface area contributed by atoms with Crippen molar-refractivity contribution < 1.29 is 14.3 Å². The highest BCUT2D eigenvalue weighted by Gasteiger charge is 2.27. The molecule has 0 N–H and O–H groups in total. The van der Waals surface area contributed by atoms with Crippen LogP contribution in [0.5, 0.6) is 0 Å². The lowest BCUT2D eigenvalue weighted by Crippen LogP contribution is -2.28. The Balaban J connectivity index is 1.81. The number of thioether (sulfide) groups is 2. The summed E-state index contributed by atoms with van der Waals surface area (Å²) in [6.07, 6.45) is 1.37. The first-order valence-corrected chi connectivity index (χ1v) is 12.5. The van der Waals surface area contributed by atoms with E-state index >= 15 is 0 Å². The van der Waals surface area contributed by atoms with Crippen LogP contribution < -0.4 is 5.56 Å². The molecule has 30 heavy (non-hydrogen) atoms. The summed E-state index contributed by atoms with van der Waals surface area (Å²) in [5.41, 5.74) is 0.974. The summed E-state index contributed by atoms with van der Waals surface area (Å²) in [5.74, 6) is 0.382. The van der Waals surface area contributed by atoms with Crippen molar-refractivity contribution in [3.05, 3.63) is 31.9 Å². The average Bonchev–Trinajstić information content (AvgIpc) is 3.15. The number of amides is 1. The van der Waals surface area contributed by atoms with Gasteiger partial charge in [0.1, 0.15) is 4.83 Å². The molecule has 0 aromatic carbocycles. The molecule has 1 amide bonds. The lowest BCUT2D eigenvalue weighted by molar-refractivity contribution is -0.137. The molecule has 1 fully saturated rings. The second kappa shape index (κ2) is 9.57. The highest BCUT2D eigenvalue weighted by Crippen LogP contribution is 2.31. The zero-order valence-electron chi connectivity index (χ0n) is 17.7. The van der Waals surface area contributed by atoms with Crippen molar-refractivity contribution in [3.63, 3.8) is 0 Å². The minimum atomic E-state index is -0.448. The summed E-state index contributed by atoms with van der Waals surface area (Å²) >= 11 is 4.32. The molecule has 3 heterocycles. The van der Waals surface area contributed by atoms with E-state index in [2.05, 4.69) is 0 Å². The van der Waals surface area contributed by atoms with Crippen LogP contribution in [-0.2, 0) is 14.3 Å². The first-order chi connectivity index (χ1) is 14.2. The van der Waals surface area contributed by atoms with E-state index in [1.807, 2.05) is 27.7 Å². The van der Waals surface area contributed by atoms with Crippen LogP contribution in [0.3, 0.4) is 0 Å². The Bertz CT molecular complexity index is 1070. The first kappa shape index (κ1) is 22.9. The molecule has 1 saturated heterocycles. The molecule has 162 valence electrons. The van der Waals surface area contributed by atoms with Gasteiger partial charge in [0.05, 0.1) is 28.9 Å². The van der Waals surface area contributed by atoms with Gasteiger partial charge in [-0.1, -0.05) is 23.5 Å². The number of thiophene rings is 1. The summed E-state index contributed by atoms with van der Waals surface area (Å²) in [4.78, 5) is 45.3. The van der Waals surface area contributed by atoms with Gasteiger partial charge in [-0.05, 0) is 40.2 Å². The van der Waals surface area contributed by atoms with Crippen LogP contribution in [0.1, 0.15) is 37.3 Å². The fraction of sp³-hybridized carbons (Fsp3) is 0.500. The Morgan fingerprint density at radius 1 is 1.33 bits per heavy atom. The summed E-state index contributed by atoms with van der Waals surface area (Å²) in [5, 5.41) is 1.95. The summed E-state index contributed by atoms with van der Waals surface area (Å²) in [7, 11) is 0. The van der Waals surface area contributed by atoms with Crippen molar-refractivity contribution in [2.45, 2.75) is 45.8 Å². The minimum absolute atomic E-state index is 0.0185. The molecule has 0 radical (unpaired) electrons. The van der Waals surface area contributed by atoms with Crippen molar-refractivity contribution >= 4 is 57.0 Å². The third-order valence-electron chi connectivity index (χ3n) is 4.70. The number of aryl methyl sites for hydroxylation is 2. The molecule has 0 unspecified atom stereocenters. The van der Waals surface area contributed by atoms with Gasteiger partial charge in [0.15, 0.2) is 5.16 Å². The maximum atomic E-state index is 13.1. The van der Waals surface area contributed by atoms with Gasteiger partial charge in [-0.3, -0.25) is 14.2 Å². The maximum absolute atomic E-state index is 13.1. The molecule has 2 aromatic heterocycles. The normalized spacial score (nSPS) is 15.7. The average molecular weight is 468 g/mol. The fourth-order valence-corrected chi connectivity index (χ4v) is 6.21. The number of rotatable bonds is 7. The van der Waals surface area contributed by atoms with Crippen LogP contribution in [0.25, 0.3) is 10.2 Å². The van der Waals surface area contributed by atoms with Gasteiger partial charge in [0, 0.05) is 23.2 Å². The number of nitrogens with zero attached hydrogens (tertiary/aromatic N) is 3. The molecule has 0 atom stereocenters. The van der Waals surface area contributed by atoms with E-state index in [0.29, 0.717) is 40.2 Å². The summed E-state index contributed by atoms with van der Waals surface area (Å²) in [6.45, 7) is 10.4. The molecule has 1 aliphatic heterocycles. The lowest BCUT2D eigenvalue weighted by Gasteiger charge is -2.18. The number of fused-ring (bicyclic) bond motifs is 1. The number of aromatic nitrogens is 2. The third kappa shape index (κ3) is 4.60. The molecule has 0 bridgehead atoms. The van der Waals surface area contributed by atoms with E-state index in [9.17, 15) is 14.4 Å². The van der Waals surface area contributed by atoms with Gasteiger partial charge >= 0.3 is 5.97 Å². The van der Waals surface area contributed by atoms with E-state index in [0.717, 1.165) is 15.3 Å². The second-order valence-electron chi connectivity index (χ2n) is 7.04.